The van der Waals surface area contributed by atoms with Crippen molar-refractivity contribution in [1.82, 2.24) is 9.62 Å². The number of sulfonamides is 1. The van der Waals surface area contributed by atoms with Gasteiger partial charge >= 0.3 is 0 Å². The van der Waals surface area contributed by atoms with Gasteiger partial charge in [-0.2, -0.15) is 0 Å². The minimum absolute atomic E-state index is 0.299. The highest BCUT2D eigenvalue weighted by atomic mass is 32.2. The summed E-state index contributed by atoms with van der Waals surface area (Å²) in [4.78, 5) is 0. The molecule has 0 aromatic carbocycles. The van der Waals surface area contributed by atoms with Crippen LogP contribution in [0.4, 0.5) is 0 Å². The van der Waals surface area contributed by atoms with Crippen molar-refractivity contribution in [1.29, 1.82) is 0 Å². The molecule has 0 amide bonds. The monoisotopic (exact) mass is 316 g/mol. The quantitative estimate of drug-likeness (QED) is 0.848. The first-order valence-corrected chi connectivity index (χ1v) is 10.5. The lowest BCUT2D eigenvalue weighted by molar-refractivity contribution is 0.257. The number of rotatable bonds is 5. The van der Waals surface area contributed by atoms with Gasteiger partial charge in [-0.25, -0.2) is 12.7 Å². The second-order valence-electron chi connectivity index (χ2n) is 6.70. The lowest BCUT2D eigenvalue weighted by Gasteiger charge is -2.34. The highest BCUT2D eigenvalue weighted by Gasteiger charge is 2.28. The summed E-state index contributed by atoms with van der Waals surface area (Å²) in [6.07, 6.45) is 12.1. The number of hydrogen-bond acceptors (Lipinski definition) is 3. The van der Waals surface area contributed by atoms with Crippen LogP contribution in [-0.4, -0.2) is 43.6 Å². The van der Waals surface area contributed by atoms with Gasteiger partial charge in [-0.3, -0.25) is 0 Å². The first-order chi connectivity index (χ1) is 10.1. The maximum atomic E-state index is 12.1. The van der Waals surface area contributed by atoms with Crippen LogP contribution in [0, 0.1) is 0 Å². The summed E-state index contributed by atoms with van der Waals surface area (Å²) in [6.45, 7) is 3.33. The Hall–Kier alpha value is -0.130. The summed E-state index contributed by atoms with van der Waals surface area (Å²) in [7, 11) is -3.00. The molecule has 0 bridgehead atoms. The van der Waals surface area contributed by atoms with E-state index in [-0.39, 0.29) is 0 Å². The van der Waals surface area contributed by atoms with E-state index in [0.29, 0.717) is 37.3 Å². The lowest BCUT2D eigenvalue weighted by atomic mass is 9.95. The number of hydrogen-bond donors (Lipinski definition) is 1. The standard InChI is InChI=1S/C16H32N2O2S/c1-2-14-21(19,20)18-12-10-16(11-13-18)17-15-8-6-4-3-5-7-9-15/h15-17H,2-14H2,1H3. The third-order valence-corrected chi connectivity index (χ3v) is 6.96. The van der Waals surface area contributed by atoms with E-state index in [1.54, 1.807) is 4.31 Å². The minimum Gasteiger partial charge on any atom is -0.311 e. The Morgan fingerprint density at radius 3 is 2.00 bits per heavy atom. The maximum Gasteiger partial charge on any atom is 0.214 e. The molecule has 0 aromatic rings. The summed E-state index contributed by atoms with van der Waals surface area (Å²) in [5.41, 5.74) is 0. The summed E-state index contributed by atoms with van der Waals surface area (Å²) in [5, 5.41) is 3.81. The van der Waals surface area contributed by atoms with Gasteiger partial charge in [0.2, 0.25) is 10.0 Å². The lowest BCUT2D eigenvalue weighted by Crippen LogP contribution is -2.48. The Morgan fingerprint density at radius 2 is 1.43 bits per heavy atom. The molecular formula is C16H32N2O2S. The van der Waals surface area contributed by atoms with Crippen LogP contribution in [0.2, 0.25) is 0 Å². The molecule has 1 N–H and O–H groups in total. The zero-order valence-corrected chi connectivity index (χ0v) is 14.3. The van der Waals surface area contributed by atoms with Gasteiger partial charge in [0.25, 0.3) is 0 Å². The molecule has 5 heteroatoms. The molecule has 2 aliphatic rings. The molecule has 0 atom stereocenters. The van der Waals surface area contributed by atoms with E-state index in [4.69, 9.17) is 0 Å². The van der Waals surface area contributed by atoms with Crippen molar-refractivity contribution in [2.45, 2.75) is 83.2 Å². The molecule has 1 saturated carbocycles. The molecule has 2 fully saturated rings. The fourth-order valence-corrected chi connectivity index (χ4v) is 5.19. The van der Waals surface area contributed by atoms with Crippen LogP contribution < -0.4 is 5.32 Å². The van der Waals surface area contributed by atoms with Gasteiger partial charge in [-0.1, -0.05) is 39.0 Å². The molecule has 0 radical (unpaired) electrons. The fourth-order valence-electron chi connectivity index (χ4n) is 3.64. The Morgan fingerprint density at radius 1 is 0.905 bits per heavy atom. The van der Waals surface area contributed by atoms with Crippen LogP contribution in [-0.2, 0) is 10.0 Å². The third-order valence-electron chi connectivity index (χ3n) is 4.89. The van der Waals surface area contributed by atoms with E-state index in [9.17, 15) is 8.42 Å². The molecule has 2 rings (SSSR count). The van der Waals surface area contributed by atoms with Crippen LogP contribution in [0.15, 0.2) is 0 Å². The van der Waals surface area contributed by atoms with E-state index < -0.39 is 10.0 Å². The second kappa shape index (κ2) is 8.49. The average molecular weight is 317 g/mol. The Kier molecular flexibility index (Phi) is 6.96. The van der Waals surface area contributed by atoms with E-state index >= 15 is 0 Å². The molecule has 124 valence electrons. The molecule has 0 unspecified atom stereocenters. The molecule has 1 aliphatic heterocycles. The zero-order chi connectivity index (χ0) is 15.1. The van der Waals surface area contributed by atoms with Crippen LogP contribution >= 0.6 is 0 Å². The second-order valence-corrected chi connectivity index (χ2v) is 8.79. The minimum atomic E-state index is -3.00. The predicted octanol–water partition coefficient (Wildman–Crippen LogP) is 2.89. The predicted molar refractivity (Wildman–Crippen MR) is 87.9 cm³/mol. The highest BCUT2D eigenvalue weighted by molar-refractivity contribution is 7.89. The van der Waals surface area contributed by atoms with Crippen LogP contribution in [0.5, 0.6) is 0 Å². The van der Waals surface area contributed by atoms with Crippen LogP contribution in [0.25, 0.3) is 0 Å². The highest BCUT2D eigenvalue weighted by Crippen LogP contribution is 2.20. The summed E-state index contributed by atoms with van der Waals surface area (Å²) in [5.74, 6) is 0.299. The van der Waals surface area contributed by atoms with E-state index in [1.807, 2.05) is 6.92 Å². The molecule has 4 nitrogen and oxygen atoms in total. The molecule has 1 aliphatic carbocycles. The van der Waals surface area contributed by atoms with Gasteiger partial charge in [0.15, 0.2) is 0 Å². The SMILES string of the molecule is CCCS(=O)(=O)N1CCC(NC2CCCCCCC2)CC1. The van der Waals surface area contributed by atoms with Gasteiger partial charge in [-0.05, 0) is 32.1 Å². The van der Waals surface area contributed by atoms with Gasteiger partial charge < -0.3 is 5.32 Å². The van der Waals surface area contributed by atoms with E-state index in [1.165, 1.54) is 44.9 Å². The molecular weight excluding hydrogens is 284 g/mol. The fraction of sp³-hybridized carbons (Fsp3) is 1.00. The first kappa shape index (κ1) is 17.2. The largest absolute Gasteiger partial charge is 0.311 e. The molecule has 0 spiro atoms. The van der Waals surface area contributed by atoms with Crippen LogP contribution in [0.1, 0.15) is 71.1 Å². The van der Waals surface area contributed by atoms with Crippen molar-refractivity contribution in [2.24, 2.45) is 0 Å². The van der Waals surface area contributed by atoms with E-state index in [2.05, 4.69) is 5.32 Å². The van der Waals surface area contributed by atoms with Crippen molar-refractivity contribution in [3.05, 3.63) is 0 Å². The van der Waals surface area contributed by atoms with Crippen molar-refractivity contribution >= 4 is 10.0 Å². The molecule has 0 aromatic heterocycles. The average Bonchev–Trinajstić information content (AvgIpc) is 2.42. The van der Waals surface area contributed by atoms with Crippen LogP contribution in [0.3, 0.4) is 0 Å². The summed E-state index contributed by atoms with van der Waals surface area (Å²) in [6, 6.07) is 1.18. The van der Waals surface area contributed by atoms with E-state index in [0.717, 1.165) is 12.8 Å². The number of nitrogens with zero attached hydrogens (tertiary/aromatic N) is 1. The third kappa shape index (κ3) is 5.53. The van der Waals surface area contributed by atoms with Crippen molar-refractivity contribution in [2.75, 3.05) is 18.8 Å². The summed E-state index contributed by atoms with van der Waals surface area (Å²) >= 11 is 0. The van der Waals surface area contributed by atoms with Crippen molar-refractivity contribution in [3.63, 3.8) is 0 Å². The Balaban J connectivity index is 1.75. The Bertz CT molecular complexity index is 381. The molecule has 21 heavy (non-hydrogen) atoms. The molecule has 1 heterocycles. The number of nitrogens with one attached hydrogen (secondary N) is 1. The Labute approximate surface area is 130 Å². The first-order valence-electron chi connectivity index (χ1n) is 8.85. The topological polar surface area (TPSA) is 49.4 Å². The molecule has 1 saturated heterocycles. The van der Waals surface area contributed by atoms with Crippen molar-refractivity contribution in [3.8, 4) is 0 Å². The number of piperidine rings is 1. The maximum absolute atomic E-state index is 12.1. The summed E-state index contributed by atoms with van der Waals surface area (Å²) < 4.78 is 25.8. The smallest absolute Gasteiger partial charge is 0.214 e. The van der Waals surface area contributed by atoms with Gasteiger partial charge in [0, 0.05) is 25.2 Å². The van der Waals surface area contributed by atoms with Gasteiger partial charge in [-0.15, -0.1) is 0 Å². The van der Waals surface area contributed by atoms with Crippen molar-refractivity contribution < 1.29 is 8.42 Å². The van der Waals surface area contributed by atoms with Gasteiger partial charge in [0.1, 0.15) is 0 Å². The normalized spacial score (nSPS) is 24.6. The zero-order valence-electron chi connectivity index (χ0n) is 13.5. The van der Waals surface area contributed by atoms with Gasteiger partial charge in [0.05, 0.1) is 5.75 Å².